The van der Waals surface area contributed by atoms with E-state index >= 15 is 0 Å². The SMILES string of the molecule is CC(C)(C)N1C(=O)[C@@H](c2ccccc2)SC1=NN=Cc1cccc([N+](=O)[O-])c1. The van der Waals surface area contributed by atoms with Gasteiger partial charge in [-0.3, -0.25) is 19.8 Å². The molecule has 1 saturated heterocycles. The molecule has 0 bridgehead atoms. The summed E-state index contributed by atoms with van der Waals surface area (Å²) in [6, 6.07) is 15.7. The zero-order chi connectivity index (χ0) is 20.3. The molecule has 1 aliphatic heterocycles. The van der Waals surface area contributed by atoms with Crippen molar-refractivity contribution < 1.29 is 9.72 Å². The van der Waals surface area contributed by atoms with Gasteiger partial charge in [0.25, 0.3) is 5.69 Å². The largest absolute Gasteiger partial charge is 0.283 e. The summed E-state index contributed by atoms with van der Waals surface area (Å²) in [5, 5.41) is 19.3. The van der Waals surface area contributed by atoms with Gasteiger partial charge in [0.1, 0.15) is 5.25 Å². The first-order valence-corrected chi connectivity index (χ1v) is 9.56. The maximum absolute atomic E-state index is 13.0. The van der Waals surface area contributed by atoms with Crippen LogP contribution in [0.1, 0.15) is 37.1 Å². The summed E-state index contributed by atoms with van der Waals surface area (Å²) in [5.41, 5.74) is 1.02. The summed E-state index contributed by atoms with van der Waals surface area (Å²) in [6.07, 6.45) is 1.45. The highest BCUT2D eigenvalue weighted by Gasteiger charge is 2.44. The highest BCUT2D eigenvalue weighted by atomic mass is 32.2. The Labute approximate surface area is 167 Å². The van der Waals surface area contributed by atoms with E-state index in [1.54, 1.807) is 17.0 Å². The van der Waals surface area contributed by atoms with Crippen LogP contribution in [0.4, 0.5) is 5.69 Å². The molecule has 2 aromatic rings. The number of nitro groups is 1. The molecule has 28 heavy (non-hydrogen) atoms. The third kappa shape index (κ3) is 4.28. The molecule has 0 aromatic heterocycles. The fraction of sp³-hybridized carbons (Fsp3) is 0.250. The van der Waals surface area contributed by atoms with Gasteiger partial charge >= 0.3 is 0 Å². The Hall–Kier alpha value is -3.00. The normalized spacial score (nSPS) is 19.0. The molecule has 0 radical (unpaired) electrons. The minimum Gasteiger partial charge on any atom is -0.283 e. The number of hydrogen-bond acceptors (Lipinski definition) is 6. The van der Waals surface area contributed by atoms with E-state index in [0.29, 0.717) is 10.7 Å². The summed E-state index contributed by atoms with van der Waals surface area (Å²) >= 11 is 1.35. The summed E-state index contributed by atoms with van der Waals surface area (Å²) in [6.45, 7) is 5.83. The number of amides is 1. The Morgan fingerprint density at radius 1 is 1.14 bits per heavy atom. The number of nitro benzene ring substituents is 1. The molecule has 0 spiro atoms. The lowest BCUT2D eigenvalue weighted by molar-refractivity contribution is -0.384. The van der Waals surface area contributed by atoms with Crippen molar-refractivity contribution in [2.75, 3.05) is 0 Å². The quantitative estimate of drug-likeness (QED) is 0.435. The molecule has 1 amide bonds. The average Bonchev–Trinajstić information content (AvgIpc) is 2.99. The van der Waals surface area contributed by atoms with Crippen molar-refractivity contribution in [3.05, 3.63) is 75.8 Å². The number of non-ortho nitro benzene ring substituents is 1. The first kappa shape index (κ1) is 19.8. The molecule has 2 aromatic carbocycles. The Bertz CT molecular complexity index is 951. The van der Waals surface area contributed by atoms with E-state index in [0.717, 1.165) is 5.56 Å². The van der Waals surface area contributed by atoms with E-state index in [1.807, 2.05) is 51.1 Å². The number of hydrogen-bond donors (Lipinski definition) is 0. The maximum Gasteiger partial charge on any atom is 0.270 e. The van der Waals surface area contributed by atoms with Crippen LogP contribution >= 0.6 is 11.8 Å². The highest BCUT2D eigenvalue weighted by Crippen LogP contribution is 2.42. The molecule has 0 unspecified atom stereocenters. The standard InChI is InChI=1S/C20H20N4O3S/c1-20(2,3)23-18(25)17(15-9-5-4-6-10-15)28-19(23)22-21-13-14-8-7-11-16(12-14)24(26)27/h4-13,17H,1-3H3/t17-/m1/s1. The van der Waals surface area contributed by atoms with Gasteiger partial charge in [0.2, 0.25) is 5.91 Å². The second-order valence-electron chi connectivity index (χ2n) is 7.23. The smallest absolute Gasteiger partial charge is 0.270 e. The number of carbonyl (C=O) groups excluding carboxylic acids is 1. The Balaban J connectivity index is 1.89. The lowest BCUT2D eigenvalue weighted by Crippen LogP contribution is -2.45. The van der Waals surface area contributed by atoms with Gasteiger partial charge in [0.15, 0.2) is 5.17 Å². The number of amidine groups is 1. The van der Waals surface area contributed by atoms with Crippen molar-refractivity contribution >= 4 is 34.7 Å². The van der Waals surface area contributed by atoms with Gasteiger partial charge in [0, 0.05) is 23.2 Å². The highest BCUT2D eigenvalue weighted by molar-refractivity contribution is 8.15. The number of carbonyl (C=O) groups is 1. The second-order valence-corrected chi connectivity index (χ2v) is 8.30. The van der Waals surface area contributed by atoms with Gasteiger partial charge in [0.05, 0.1) is 11.1 Å². The Morgan fingerprint density at radius 3 is 2.50 bits per heavy atom. The lowest BCUT2D eigenvalue weighted by atomic mass is 10.0. The first-order valence-electron chi connectivity index (χ1n) is 8.68. The summed E-state index contributed by atoms with van der Waals surface area (Å²) in [5.74, 6) is -0.0343. The maximum atomic E-state index is 13.0. The van der Waals surface area contributed by atoms with Crippen LogP contribution in [-0.2, 0) is 4.79 Å². The summed E-state index contributed by atoms with van der Waals surface area (Å²) < 4.78 is 0. The fourth-order valence-electron chi connectivity index (χ4n) is 2.81. The Morgan fingerprint density at radius 2 is 1.86 bits per heavy atom. The average molecular weight is 396 g/mol. The van der Waals surface area contributed by atoms with Crippen molar-refractivity contribution in [3.63, 3.8) is 0 Å². The van der Waals surface area contributed by atoms with Crippen LogP contribution < -0.4 is 0 Å². The molecule has 1 atom stereocenters. The molecule has 8 heteroatoms. The molecule has 144 valence electrons. The minimum atomic E-state index is -0.458. The van der Waals surface area contributed by atoms with Crippen LogP contribution in [0.25, 0.3) is 0 Å². The van der Waals surface area contributed by atoms with E-state index in [1.165, 1.54) is 30.1 Å². The van der Waals surface area contributed by atoms with E-state index in [-0.39, 0.29) is 16.8 Å². The molecule has 7 nitrogen and oxygen atoms in total. The van der Waals surface area contributed by atoms with Gasteiger partial charge in [-0.2, -0.15) is 5.10 Å². The van der Waals surface area contributed by atoms with Gasteiger partial charge in [-0.15, -0.1) is 5.10 Å². The zero-order valence-electron chi connectivity index (χ0n) is 15.8. The van der Waals surface area contributed by atoms with Crippen LogP contribution in [-0.4, -0.2) is 32.7 Å². The van der Waals surface area contributed by atoms with Crippen molar-refractivity contribution in [2.45, 2.75) is 31.6 Å². The third-order valence-corrected chi connectivity index (χ3v) is 5.25. The minimum absolute atomic E-state index is 0.0116. The van der Waals surface area contributed by atoms with Gasteiger partial charge in [-0.1, -0.05) is 54.2 Å². The number of rotatable bonds is 4. The van der Waals surface area contributed by atoms with Crippen molar-refractivity contribution in [1.29, 1.82) is 0 Å². The van der Waals surface area contributed by atoms with Crippen LogP contribution in [0.15, 0.2) is 64.8 Å². The van der Waals surface area contributed by atoms with E-state index in [9.17, 15) is 14.9 Å². The number of nitrogens with zero attached hydrogens (tertiary/aromatic N) is 4. The third-order valence-electron chi connectivity index (χ3n) is 4.06. The van der Waals surface area contributed by atoms with Crippen LogP contribution in [0.5, 0.6) is 0 Å². The van der Waals surface area contributed by atoms with Crippen LogP contribution in [0.2, 0.25) is 0 Å². The Kier molecular flexibility index (Phi) is 5.60. The molecule has 0 N–H and O–H groups in total. The van der Waals surface area contributed by atoms with Crippen LogP contribution in [0, 0.1) is 10.1 Å². The lowest BCUT2D eigenvalue weighted by Gasteiger charge is -2.30. The van der Waals surface area contributed by atoms with Crippen LogP contribution in [0.3, 0.4) is 0 Å². The molecular formula is C20H20N4O3S. The fourth-order valence-corrected chi connectivity index (χ4v) is 4.08. The van der Waals surface area contributed by atoms with E-state index in [4.69, 9.17) is 0 Å². The van der Waals surface area contributed by atoms with E-state index in [2.05, 4.69) is 10.2 Å². The molecule has 1 fully saturated rings. The van der Waals surface area contributed by atoms with Crippen molar-refractivity contribution in [2.24, 2.45) is 10.2 Å². The number of thioether (sulfide) groups is 1. The molecule has 1 heterocycles. The topological polar surface area (TPSA) is 88.2 Å². The zero-order valence-corrected chi connectivity index (χ0v) is 16.6. The summed E-state index contributed by atoms with van der Waals surface area (Å²) in [7, 11) is 0. The molecule has 0 saturated carbocycles. The van der Waals surface area contributed by atoms with Crippen molar-refractivity contribution in [1.82, 2.24) is 4.90 Å². The van der Waals surface area contributed by atoms with Gasteiger partial charge < -0.3 is 0 Å². The molecule has 3 rings (SSSR count). The predicted octanol–water partition coefficient (Wildman–Crippen LogP) is 4.40. The number of benzene rings is 2. The van der Waals surface area contributed by atoms with Crippen molar-refractivity contribution in [3.8, 4) is 0 Å². The monoisotopic (exact) mass is 396 g/mol. The van der Waals surface area contributed by atoms with Gasteiger partial charge in [-0.05, 0) is 26.3 Å². The molecular weight excluding hydrogens is 376 g/mol. The van der Waals surface area contributed by atoms with E-state index < -0.39 is 10.5 Å². The molecule has 1 aliphatic rings. The summed E-state index contributed by atoms with van der Waals surface area (Å²) in [4.78, 5) is 25.1. The molecule has 0 aliphatic carbocycles. The first-order chi connectivity index (χ1) is 13.3. The predicted molar refractivity (Wildman–Crippen MR) is 111 cm³/mol. The second kappa shape index (κ2) is 7.93. The van der Waals surface area contributed by atoms with Gasteiger partial charge in [-0.25, -0.2) is 0 Å².